The molecule has 0 radical (unpaired) electrons. The molecule has 118 valence electrons. The lowest BCUT2D eigenvalue weighted by Gasteiger charge is -2.14. The number of thioether (sulfide) groups is 2. The Morgan fingerprint density at radius 3 is 2.30 bits per heavy atom. The quantitative estimate of drug-likeness (QED) is 0.481. The Morgan fingerprint density at radius 1 is 1.05 bits per heavy atom. The van der Waals surface area contributed by atoms with Gasteiger partial charge in [0.05, 0.1) is 0 Å². The van der Waals surface area contributed by atoms with Crippen LogP contribution in [0.1, 0.15) is 32.1 Å². The van der Waals surface area contributed by atoms with Crippen molar-refractivity contribution in [3.8, 4) is 0 Å². The summed E-state index contributed by atoms with van der Waals surface area (Å²) < 4.78 is 0. The van der Waals surface area contributed by atoms with Gasteiger partial charge in [-0.05, 0) is 43.3 Å². The first-order valence-electron chi connectivity index (χ1n) is 6.86. The first-order valence-corrected chi connectivity index (χ1v) is 9.65. The van der Waals surface area contributed by atoms with E-state index < -0.39 is 12.0 Å². The van der Waals surface area contributed by atoms with Gasteiger partial charge in [0.25, 0.3) is 0 Å². The van der Waals surface area contributed by atoms with E-state index in [4.69, 9.17) is 5.11 Å². The molecule has 3 N–H and O–H groups in total. The maximum absolute atomic E-state index is 11.6. The van der Waals surface area contributed by atoms with Crippen molar-refractivity contribution in [2.75, 3.05) is 30.6 Å². The number of carbonyl (C=O) groups excluding carboxylic acids is 1. The van der Waals surface area contributed by atoms with Crippen LogP contribution in [0.15, 0.2) is 0 Å². The molecule has 0 aliphatic heterocycles. The van der Waals surface area contributed by atoms with Crippen molar-refractivity contribution in [1.82, 2.24) is 10.6 Å². The maximum Gasteiger partial charge on any atom is 0.326 e. The molecule has 2 amide bonds. The SMILES string of the molecule is CSCCCCCCNC(=O)N[C@H](CCSC)C(=O)O. The van der Waals surface area contributed by atoms with Crippen LogP contribution >= 0.6 is 23.5 Å². The molecule has 0 spiro atoms. The molecule has 0 unspecified atom stereocenters. The van der Waals surface area contributed by atoms with Crippen molar-refractivity contribution in [1.29, 1.82) is 0 Å². The van der Waals surface area contributed by atoms with Gasteiger partial charge in [-0.25, -0.2) is 9.59 Å². The Kier molecular flexibility index (Phi) is 13.0. The number of nitrogens with one attached hydrogen (secondary N) is 2. The number of carbonyl (C=O) groups is 2. The van der Waals surface area contributed by atoms with E-state index in [9.17, 15) is 9.59 Å². The molecule has 0 fully saturated rings. The highest BCUT2D eigenvalue weighted by Gasteiger charge is 2.18. The molecule has 0 aromatic carbocycles. The highest BCUT2D eigenvalue weighted by Crippen LogP contribution is 2.04. The van der Waals surface area contributed by atoms with Gasteiger partial charge in [-0.3, -0.25) is 0 Å². The summed E-state index contributed by atoms with van der Waals surface area (Å²) in [5, 5.41) is 14.2. The Hall–Kier alpha value is -0.560. The smallest absolute Gasteiger partial charge is 0.326 e. The maximum atomic E-state index is 11.6. The number of rotatable bonds is 12. The lowest BCUT2D eigenvalue weighted by Crippen LogP contribution is -2.46. The average molecular weight is 322 g/mol. The van der Waals surface area contributed by atoms with Crippen molar-refractivity contribution < 1.29 is 14.7 Å². The number of carboxylic acids is 1. The van der Waals surface area contributed by atoms with Crippen molar-refractivity contribution >= 4 is 35.5 Å². The first kappa shape index (κ1) is 19.4. The molecule has 0 heterocycles. The van der Waals surface area contributed by atoms with Crippen LogP contribution in [0.4, 0.5) is 4.79 Å². The summed E-state index contributed by atoms with van der Waals surface area (Å²) in [5.41, 5.74) is 0. The van der Waals surface area contributed by atoms with Gasteiger partial charge in [-0.15, -0.1) is 0 Å². The molecular formula is C13H26N2O3S2. The predicted molar refractivity (Wildman–Crippen MR) is 87.8 cm³/mol. The van der Waals surface area contributed by atoms with Gasteiger partial charge < -0.3 is 15.7 Å². The van der Waals surface area contributed by atoms with Crippen LogP contribution in [0.25, 0.3) is 0 Å². The summed E-state index contributed by atoms with van der Waals surface area (Å²) in [6.45, 7) is 0.597. The third kappa shape index (κ3) is 11.3. The zero-order valence-corrected chi connectivity index (χ0v) is 13.9. The molecule has 0 aliphatic carbocycles. The third-order valence-corrected chi connectivity index (χ3v) is 4.12. The van der Waals surface area contributed by atoms with E-state index >= 15 is 0 Å². The summed E-state index contributed by atoms with van der Waals surface area (Å²) in [4.78, 5) is 22.5. The van der Waals surface area contributed by atoms with Gasteiger partial charge in [-0.2, -0.15) is 23.5 Å². The van der Waals surface area contributed by atoms with Gasteiger partial charge in [0.2, 0.25) is 0 Å². The second kappa shape index (κ2) is 13.4. The zero-order valence-electron chi connectivity index (χ0n) is 12.3. The second-order valence-corrected chi connectivity index (χ2v) is 6.45. The number of amides is 2. The molecule has 0 bridgehead atoms. The van der Waals surface area contributed by atoms with Crippen LogP contribution in [-0.4, -0.2) is 53.7 Å². The van der Waals surface area contributed by atoms with Crippen LogP contribution in [-0.2, 0) is 4.79 Å². The van der Waals surface area contributed by atoms with Crippen molar-refractivity contribution in [3.05, 3.63) is 0 Å². The van der Waals surface area contributed by atoms with Crippen molar-refractivity contribution in [2.45, 2.75) is 38.1 Å². The molecule has 5 nitrogen and oxygen atoms in total. The fraction of sp³-hybridized carbons (Fsp3) is 0.846. The first-order chi connectivity index (χ1) is 9.61. The Labute approximate surface area is 130 Å². The summed E-state index contributed by atoms with van der Waals surface area (Å²) in [6, 6.07) is -1.19. The monoisotopic (exact) mass is 322 g/mol. The molecule has 7 heteroatoms. The second-order valence-electron chi connectivity index (χ2n) is 4.48. The third-order valence-electron chi connectivity index (χ3n) is 2.77. The van der Waals surface area contributed by atoms with Gasteiger partial charge in [-0.1, -0.05) is 12.8 Å². The molecule has 0 saturated carbocycles. The Bertz CT molecular complexity index is 278. The van der Waals surface area contributed by atoms with E-state index in [0.29, 0.717) is 18.7 Å². The normalized spacial score (nSPS) is 11.9. The number of unbranched alkanes of at least 4 members (excludes halogenated alkanes) is 3. The largest absolute Gasteiger partial charge is 0.480 e. The van der Waals surface area contributed by atoms with Crippen LogP contribution in [0.3, 0.4) is 0 Å². The standard InChI is InChI=1S/C13H26N2O3S2/c1-19-9-6-4-3-5-8-14-13(18)15-11(12(16)17)7-10-20-2/h11H,3-10H2,1-2H3,(H,16,17)(H2,14,15,18)/t11-/m1/s1. The number of hydrogen-bond acceptors (Lipinski definition) is 4. The van der Waals surface area contributed by atoms with E-state index in [0.717, 1.165) is 12.8 Å². The summed E-state index contributed by atoms with van der Waals surface area (Å²) >= 11 is 3.42. The molecule has 0 saturated heterocycles. The Morgan fingerprint density at radius 2 is 1.70 bits per heavy atom. The molecule has 0 aliphatic rings. The van der Waals surface area contributed by atoms with Gasteiger partial charge in [0.1, 0.15) is 6.04 Å². The van der Waals surface area contributed by atoms with Gasteiger partial charge >= 0.3 is 12.0 Å². The van der Waals surface area contributed by atoms with Crippen LogP contribution < -0.4 is 10.6 Å². The van der Waals surface area contributed by atoms with Crippen LogP contribution in [0.5, 0.6) is 0 Å². The summed E-state index contributed by atoms with van der Waals surface area (Å²) in [6.07, 6.45) is 8.87. The van der Waals surface area contributed by atoms with E-state index in [1.165, 1.54) is 18.6 Å². The summed E-state index contributed by atoms with van der Waals surface area (Å²) in [5.74, 6) is 0.919. The fourth-order valence-electron chi connectivity index (χ4n) is 1.63. The zero-order chi connectivity index (χ0) is 15.2. The van der Waals surface area contributed by atoms with Crippen LogP contribution in [0, 0.1) is 0 Å². The lowest BCUT2D eigenvalue weighted by atomic mass is 10.2. The van der Waals surface area contributed by atoms with Crippen LogP contribution in [0.2, 0.25) is 0 Å². The van der Waals surface area contributed by atoms with E-state index in [-0.39, 0.29) is 6.03 Å². The van der Waals surface area contributed by atoms with E-state index in [1.54, 1.807) is 11.8 Å². The molecule has 0 aromatic heterocycles. The Balaban J connectivity index is 3.66. The minimum atomic E-state index is -0.980. The highest BCUT2D eigenvalue weighted by atomic mass is 32.2. The molecule has 1 atom stereocenters. The van der Waals surface area contributed by atoms with E-state index in [2.05, 4.69) is 16.9 Å². The average Bonchev–Trinajstić information content (AvgIpc) is 2.42. The van der Waals surface area contributed by atoms with Gasteiger partial charge in [0, 0.05) is 6.54 Å². The molecule has 0 rings (SSSR count). The number of hydrogen-bond donors (Lipinski definition) is 3. The molecule has 0 aromatic rings. The minimum absolute atomic E-state index is 0.386. The lowest BCUT2D eigenvalue weighted by molar-refractivity contribution is -0.139. The highest BCUT2D eigenvalue weighted by molar-refractivity contribution is 7.98. The van der Waals surface area contributed by atoms with Crippen molar-refractivity contribution in [3.63, 3.8) is 0 Å². The predicted octanol–water partition coefficient (Wildman–Crippen LogP) is 2.42. The van der Waals surface area contributed by atoms with Crippen molar-refractivity contribution in [2.24, 2.45) is 0 Å². The fourth-order valence-corrected chi connectivity index (χ4v) is 2.59. The molecular weight excluding hydrogens is 296 g/mol. The minimum Gasteiger partial charge on any atom is -0.480 e. The molecule has 20 heavy (non-hydrogen) atoms. The number of carboxylic acid groups (broad SMARTS) is 1. The number of urea groups is 1. The van der Waals surface area contributed by atoms with E-state index in [1.807, 2.05) is 18.0 Å². The topological polar surface area (TPSA) is 78.4 Å². The summed E-state index contributed by atoms with van der Waals surface area (Å²) in [7, 11) is 0. The number of aliphatic carboxylic acids is 1. The van der Waals surface area contributed by atoms with Gasteiger partial charge in [0.15, 0.2) is 0 Å².